The number of benzene rings is 1. The fourth-order valence-electron chi connectivity index (χ4n) is 3.76. The molecule has 3 aromatic rings. The normalized spacial score (nSPS) is 16.8. The van der Waals surface area contributed by atoms with E-state index < -0.39 is 5.97 Å². The second-order valence-electron chi connectivity index (χ2n) is 8.82. The lowest BCUT2D eigenvalue weighted by molar-refractivity contribution is 0.0697. The molecule has 1 aliphatic carbocycles. The van der Waals surface area contributed by atoms with E-state index in [1.54, 1.807) is 29.7 Å². The fourth-order valence-corrected chi connectivity index (χ4v) is 5.17. The highest BCUT2D eigenvalue weighted by atomic mass is 32.1. The van der Waals surface area contributed by atoms with Crippen LogP contribution in [-0.4, -0.2) is 21.0 Å². The van der Waals surface area contributed by atoms with E-state index in [1.807, 2.05) is 35.2 Å². The predicted octanol–water partition coefficient (Wildman–Crippen LogP) is 6.06. The average Bonchev–Trinajstić information content (AvgIpc) is 3.15. The van der Waals surface area contributed by atoms with Gasteiger partial charge >= 0.3 is 5.97 Å². The van der Waals surface area contributed by atoms with E-state index >= 15 is 0 Å². The van der Waals surface area contributed by atoms with Gasteiger partial charge in [-0.05, 0) is 49.2 Å². The molecule has 29 heavy (non-hydrogen) atoms. The Labute approximate surface area is 175 Å². The molecule has 0 aliphatic heterocycles. The molecule has 0 fully saturated rings. The smallest absolute Gasteiger partial charge is 0.335 e. The third-order valence-corrected chi connectivity index (χ3v) is 7.10. The van der Waals surface area contributed by atoms with Gasteiger partial charge in [0.2, 0.25) is 0 Å². The zero-order valence-electron chi connectivity index (χ0n) is 17.1. The van der Waals surface area contributed by atoms with Crippen LogP contribution in [0.4, 0.5) is 16.6 Å². The minimum atomic E-state index is -0.936. The van der Waals surface area contributed by atoms with Crippen molar-refractivity contribution < 1.29 is 9.90 Å². The summed E-state index contributed by atoms with van der Waals surface area (Å²) < 4.78 is 0. The van der Waals surface area contributed by atoms with Gasteiger partial charge in [-0.2, -0.15) is 0 Å². The van der Waals surface area contributed by atoms with Crippen LogP contribution in [0.15, 0.2) is 48.7 Å². The van der Waals surface area contributed by atoms with Gasteiger partial charge in [-0.25, -0.2) is 14.8 Å². The molecule has 1 aliphatic rings. The maximum Gasteiger partial charge on any atom is 0.335 e. The van der Waals surface area contributed by atoms with Crippen molar-refractivity contribution in [1.29, 1.82) is 0 Å². The Bertz CT molecular complexity index is 1010. The highest BCUT2D eigenvalue weighted by Crippen LogP contribution is 2.51. The van der Waals surface area contributed by atoms with Gasteiger partial charge in [0.25, 0.3) is 0 Å². The fraction of sp³-hybridized carbons (Fsp3) is 0.348. The first-order valence-electron chi connectivity index (χ1n) is 9.75. The topological polar surface area (TPSA) is 66.3 Å². The number of hydrogen-bond acceptors (Lipinski definition) is 5. The molecule has 1 N–H and O–H groups in total. The second-order valence-corrected chi connectivity index (χ2v) is 9.79. The van der Waals surface area contributed by atoms with Crippen molar-refractivity contribution in [1.82, 2.24) is 9.97 Å². The van der Waals surface area contributed by atoms with Crippen LogP contribution >= 0.6 is 11.3 Å². The number of rotatable bonds is 4. The average molecular weight is 408 g/mol. The third-order valence-electron chi connectivity index (χ3n) is 5.69. The summed E-state index contributed by atoms with van der Waals surface area (Å²) in [6.45, 7) is 9.10. The van der Waals surface area contributed by atoms with E-state index in [0.29, 0.717) is 0 Å². The molecule has 150 valence electrons. The quantitative estimate of drug-likeness (QED) is 0.570. The van der Waals surface area contributed by atoms with Crippen LogP contribution in [0.2, 0.25) is 0 Å². The summed E-state index contributed by atoms with van der Waals surface area (Å²) >= 11 is 1.71. The number of aromatic nitrogens is 2. The molecule has 6 heteroatoms. The summed E-state index contributed by atoms with van der Waals surface area (Å²) in [5, 5.41) is 10.1. The molecule has 0 amide bonds. The first-order valence-corrected chi connectivity index (χ1v) is 10.6. The van der Waals surface area contributed by atoms with E-state index in [9.17, 15) is 9.90 Å². The minimum absolute atomic E-state index is 0.0303. The molecular weight excluding hydrogens is 382 g/mol. The lowest BCUT2D eigenvalue weighted by atomic mass is 9.69. The molecule has 2 heterocycles. The summed E-state index contributed by atoms with van der Waals surface area (Å²) in [5.74, 6) is -0.175. The first kappa shape index (κ1) is 19.6. The first-order chi connectivity index (χ1) is 13.7. The van der Waals surface area contributed by atoms with Crippen LogP contribution in [0.1, 0.15) is 61.5 Å². The van der Waals surface area contributed by atoms with Crippen molar-refractivity contribution >= 4 is 33.9 Å². The monoisotopic (exact) mass is 407 g/mol. The van der Waals surface area contributed by atoms with Crippen molar-refractivity contribution in [2.24, 2.45) is 0 Å². The Balaban J connectivity index is 1.87. The maximum absolute atomic E-state index is 11.3. The zero-order chi connectivity index (χ0) is 20.8. The molecule has 0 radical (unpaired) electrons. The van der Waals surface area contributed by atoms with E-state index in [4.69, 9.17) is 4.98 Å². The van der Waals surface area contributed by atoms with Crippen molar-refractivity contribution in [2.45, 2.75) is 51.4 Å². The molecule has 0 atom stereocenters. The van der Waals surface area contributed by atoms with Crippen LogP contribution in [-0.2, 0) is 10.8 Å². The number of nitrogens with zero attached hydrogens (tertiary/aromatic N) is 3. The summed E-state index contributed by atoms with van der Waals surface area (Å²) in [7, 11) is 0. The predicted molar refractivity (Wildman–Crippen MR) is 117 cm³/mol. The Hall–Kier alpha value is -2.73. The molecule has 0 saturated heterocycles. The van der Waals surface area contributed by atoms with Gasteiger partial charge < -0.3 is 5.11 Å². The molecule has 0 spiro atoms. The van der Waals surface area contributed by atoms with Crippen LogP contribution < -0.4 is 4.90 Å². The number of anilines is 3. The number of carbonyl (C=O) groups is 1. The van der Waals surface area contributed by atoms with Crippen molar-refractivity contribution in [3.8, 4) is 0 Å². The Morgan fingerprint density at radius 2 is 1.72 bits per heavy atom. The second kappa shape index (κ2) is 6.95. The standard InChI is InChI=1S/C23H25N3O2S/c1-22(2)12-13-23(3,4)19-18(22)25-21(29-19)26(17-7-5-6-14-24-17)16-10-8-15(9-11-16)20(27)28/h5-11,14H,12-13H2,1-4H3,(H,27,28). The molecule has 0 saturated carbocycles. The molecule has 2 aromatic heterocycles. The number of carboxylic acids is 1. The lowest BCUT2D eigenvalue weighted by Gasteiger charge is -2.37. The van der Waals surface area contributed by atoms with Crippen LogP contribution in [0.5, 0.6) is 0 Å². The Kier molecular flexibility index (Phi) is 4.69. The molecular formula is C23H25N3O2S. The molecule has 5 nitrogen and oxygen atoms in total. The number of carboxylic acid groups (broad SMARTS) is 1. The number of pyridine rings is 1. The lowest BCUT2D eigenvalue weighted by Crippen LogP contribution is -2.32. The van der Waals surface area contributed by atoms with Gasteiger partial charge in [0.1, 0.15) is 5.82 Å². The number of hydrogen-bond donors (Lipinski definition) is 1. The van der Waals surface area contributed by atoms with Crippen molar-refractivity contribution in [3.05, 3.63) is 64.8 Å². The van der Waals surface area contributed by atoms with E-state index in [-0.39, 0.29) is 16.4 Å². The number of aromatic carboxylic acids is 1. The van der Waals surface area contributed by atoms with Crippen LogP contribution in [0.3, 0.4) is 0 Å². The Morgan fingerprint density at radius 3 is 2.31 bits per heavy atom. The van der Waals surface area contributed by atoms with E-state index in [2.05, 4.69) is 32.7 Å². The van der Waals surface area contributed by atoms with Gasteiger partial charge in [-0.3, -0.25) is 4.90 Å². The summed E-state index contributed by atoms with van der Waals surface area (Å²) in [4.78, 5) is 24.2. The highest BCUT2D eigenvalue weighted by molar-refractivity contribution is 7.16. The summed E-state index contributed by atoms with van der Waals surface area (Å²) in [5.41, 5.74) is 2.38. The molecule has 4 rings (SSSR count). The van der Waals surface area contributed by atoms with Gasteiger partial charge in [0.05, 0.1) is 11.3 Å². The molecule has 1 aromatic carbocycles. The van der Waals surface area contributed by atoms with Gasteiger partial charge in [-0.15, -0.1) is 11.3 Å². The van der Waals surface area contributed by atoms with E-state index in [0.717, 1.165) is 35.2 Å². The summed E-state index contributed by atoms with van der Waals surface area (Å²) in [6.07, 6.45) is 3.99. The minimum Gasteiger partial charge on any atom is -0.478 e. The Morgan fingerprint density at radius 1 is 1.03 bits per heavy atom. The molecule has 0 bridgehead atoms. The van der Waals surface area contributed by atoms with E-state index in [1.165, 1.54) is 4.88 Å². The van der Waals surface area contributed by atoms with Crippen LogP contribution in [0, 0.1) is 0 Å². The highest BCUT2D eigenvalue weighted by Gasteiger charge is 2.41. The van der Waals surface area contributed by atoms with Gasteiger partial charge in [0.15, 0.2) is 5.13 Å². The van der Waals surface area contributed by atoms with Gasteiger partial charge in [0, 0.05) is 27.6 Å². The molecule has 0 unspecified atom stereocenters. The zero-order valence-corrected chi connectivity index (χ0v) is 18.0. The van der Waals surface area contributed by atoms with Gasteiger partial charge in [-0.1, -0.05) is 33.8 Å². The third kappa shape index (κ3) is 3.53. The van der Waals surface area contributed by atoms with Crippen molar-refractivity contribution in [3.63, 3.8) is 0 Å². The van der Waals surface area contributed by atoms with Crippen LogP contribution in [0.25, 0.3) is 0 Å². The SMILES string of the molecule is CC1(C)CCC(C)(C)c2sc(N(c3ccc(C(=O)O)cc3)c3ccccn3)nc21. The van der Waals surface area contributed by atoms with Crippen molar-refractivity contribution in [2.75, 3.05) is 4.90 Å². The largest absolute Gasteiger partial charge is 0.478 e. The maximum atomic E-state index is 11.3. The number of thiazole rings is 1. The number of fused-ring (bicyclic) bond motifs is 1. The summed E-state index contributed by atoms with van der Waals surface area (Å²) in [6, 6.07) is 12.6.